The molecule has 1 aromatic carbocycles. The van der Waals surface area contributed by atoms with Gasteiger partial charge in [-0.1, -0.05) is 24.6 Å². The van der Waals surface area contributed by atoms with Gasteiger partial charge >= 0.3 is 6.09 Å². The molecule has 37 heavy (non-hydrogen) atoms. The van der Waals surface area contributed by atoms with Crippen molar-refractivity contribution in [3.05, 3.63) is 46.7 Å². The predicted molar refractivity (Wildman–Crippen MR) is 142 cm³/mol. The molecule has 1 aromatic heterocycles. The molecule has 0 bridgehead atoms. The van der Waals surface area contributed by atoms with Crippen molar-refractivity contribution < 1.29 is 19.1 Å². The predicted octanol–water partition coefficient (Wildman–Crippen LogP) is 4.32. The number of anilines is 1. The number of carbonyl (C=O) groups excluding carboxylic acids is 2. The summed E-state index contributed by atoms with van der Waals surface area (Å²) < 4.78 is 11.6. The maximum atomic E-state index is 12.7. The Hall–Kier alpha value is -3.07. The van der Waals surface area contributed by atoms with E-state index in [0.29, 0.717) is 30.4 Å². The molecule has 2 saturated heterocycles. The van der Waals surface area contributed by atoms with Gasteiger partial charge in [0.2, 0.25) is 11.9 Å². The van der Waals surface area contributed by atoms with E-state index in [-0.39, 0.29) is 18.6 Å². The number of hydrogen-bond donors (Lipinski definition) is 0. The minimum atomic E-state index is -0.593. The zero-order valence-electron chi connectivity index (χ0n) is 22.1. The third-order valence-electron chi connectivity index (χ3n) is 6.46. The van der Waals surface area contributed by atoms with Crippen LogP contribution in [0.2, 0.25) is 5.02 Å². The van der Waals surface area contributed by atoms with Crippen LogP contribution in [0.1, 0.15) is 51.7 Å². The van der Waals surface area contributed by atoms with E-state index >= 15 is 0 Å². The topological polar surface area (TPSA) is 88.1 Å². The Morgan fingerprint density at radius 3 is 2.38 bits per heavy atom. The van der Waals surface area contributed by atoms with Gasteiger partial charge in [-0.15, -0.1) is 0 Å². The zero-order chi connectivity index (χ0) is 26.6. The summed E-state index contributed by atoms with van der Waals surface area (Å²) >= 11 is 6.55. The molecule has 3 heterocycles. The fourth-order valence-electron chi connectivity index (χ4n) is 4.36. The molecule has 0 atom stereocenters. The number of rotatable bonds is 6. The Morgan fingerprint density at radius 2 is 1.78 bits per heavy atom. The molecule has 200 valence electrons. The fourth-order valence-corrected chi connectivity index (χ4v) is 4.61. The van der Waals surface area contributed by atoms with Gasteiger partial charge in [0.05, 0.1) is 5.02 Å². The molecule has 2 aliphatic heterocycles. The van der Waals surface area contributed by atoms with Crippen LogP contribution in [-0.4, -0.2) is 76.2 Å². The Kier molecular flexibility index (Phi) is 8.42. The van der Waals surface area contributed by atoms with E-state index in [0.717, 1.165) is 49.4 Å². The third-order valence-corrected chi connectivity index (χ3v) is 6.75. The van der Waals surface area contributed by atoms with Gasteiger partial charge in [0.1, 0.15) is 24.0 Å². The molecule has 9 nitrogen and oxygen atoms in total. The summed E-state index contributed by atoms with van der Waals surface area (Å²) in [4.78, 5) is 39.3. The number of benzene rings is 1. The summed E-state index contributed by atoms with van der Waals surface area (Å²) in [6, 6.07) is 5.66. The van der Waals surface area contributed by atoms with Gasteiger partial charge in [-0.2, -0.15) is 0 Å². The van der Waals surface area contributed by atoms with Crippen molar-refractivity contribution in [3.63, 3.8) is 0 Å². The van der Waals surface area contributed by atoms with Crippen LogP contribution in [0.4, 0.5) is 10.7 Å². The molecule has 0 N–H and O–H groups in total. The molecule has 0 saturated carbocycles. The lowest BCUT2D eigenvalue weighted by Crippen LogP contribution is -2.52. The van der Waals surface area contributed by atoms with E-state index in [1.807, 2.05) is 51.4 Å². The Morgan fingerprint density at radius 1 is 1.08 bits per heavy atom. The average Bonchev–Trinajstić information content (AvgIpc) is 2.86. The maximum absolute atomic E-state index is 12.7. The molecule has 2 amide bonds. The van der Waals surface area contributed by atoms with E-state index in [1.54, 1.807) is 4.90 Å². The van der Waals surface area contributed by atoms with Crippen LogP contribution in [0.15, 0.2) is 30.6 Å². The first-order valence-electron chi connectivity index (χ1n) is 12.9. The number of halogens is 1. The van der Waals surface area contributed by atoms with E-state index in [4.69, 9.17) is 21.1 Å². The van der Waals surface area contributed by atoms with Crippen molar-refractivity contribution in [2.24, 2.45) is 0 Å². The number of carbonyl (C=O) groups is 2. The number of hydrogen-bond acceptors (Lipinski definition) is 7. The van der Waals surface area contributed by atoms with Crippen LogP contribution < -0.4 is 9.64 Å². The van der Waals surface area contributed by atoms with Gasteiger partial charge in [-0.25, -0.2) is 14.8 Å². The third kappa shape index (κ3) is 7.25. The van der Waals surface area contributed by atoms with Crippen LogP contribution >= 0.6 is 11.6 Å². The summed E-state index contributed by atoms with van der Waals surface area (Å²) in [7, 11) is 0. The lowest BCUT2D eigenvalue weighted by molar-refractivity contribution is -0.136. The lowest BCUT2D eigenvalue weighted by atomic mass is 10.1. The summed E-state index contributed by atoms with van der Waals surface area (Å²) in [5.41, 5.74) is 1.45. The quantitative estimate of drug-likeness (QED) is 0.550. The zero-order valence-corrected chi connectivity index (χ0v) is 22.8. The van der Waals surface area contributed by atoms with Gasteiger partial charge in [0, 0.05) is 58.0 Å². The second kappa shape index (κ2) is 11.5. The number of ether oxygens (including phenoxy) is 2. The maximum Gasteiger partial charge on any atom is 0.410 e. The first-order chi connectivity index (χ1) is 17.6. The number of aryl methyl sites for hydroxylation is 1. The molecule has 4 rings (SSSR count). The molecule has 2 fully saturated rings. The van der Waals surface area contributed by atoms with Crippen LogP contribution in [-0.2, 0) is 22.5 Å². The highest BCUT2D eigenvalue weighted by atomic mass is 35.5. The highest BCUT2D eigenvalue weighted by molar-refractivity contribution is 6.32. The molecule has 0 radical (unpaired) electrons. The normalized spacial score (nSPS) is 17.2. The molecule has 2 aromatic rings. The van der Waals surface area contributed by atoms with Crippen molar-refractivity contribution in [2.45, 2.75) is 65.2 Å². The Labute approximate surface area is 223 Å². The Bertz CT molecular complexity index is 1100. The highest BCUT2D eigenvalue weighted by Gasteiger charge is 2.30. The largest absolute Gasteiger partial charge is 0.489 e. The monoisotopic (exact) mass is 529 g/mol. The SMILES string of the molecule is CCc1cnc(N2CCC(Oc3ccc(CN4CCN(C(=O)OC(C)(C)C)CC4=O)cc3Cl)CC2)nc1. The highest BCUT2D eigenvalue weighted by Crippen LogP contribution is 2.29. The minimum absolute atomic E-state index is 0.0102. The number of nitrogens with zero attached hydrogens (tertiary/aromatic N) is 5. The standard InChI is InChI=1S/C27H36ClN5O4/c1-5-19-15-29-25(30-16-19)31-10-8-21(9-11-31)36-23-7-6-20(14-22(23)28)17-32-12-13-33(18-24(32)34)26(35)37-27(2,3)4/h6-7,14-16,21H,5,8-13,17-18H2,1-4H3. The summed E-state index contributed by atoms with van der Waals surface area (Å²) in [5, 5.41) is 0.526. The number of piperidine rings is 1. The molecule has 10 heteroatoms. The first-order valence-corrected chi connectivity index (χ1v) is 13.3. The Balaban J connectivity index is 1.26. The van der Waals surface area contributed by atoms with Gasteiger partial charge in [-0.3, -0.25) is 9.69 Å². The molecule has 0 spiro atoms. The van der Waals surface area contributed by atoms with Crippen molar-refractivity contribution >= 4 is 29.5 Å². The number of piperazine rings is 1. The van der Waals surface area contributed by atoms with Crippen LogP contribution in [0.5, 0.6) is 5.75 Å². The van der Waals surface area contributed by atoms with Crippen molar-refractivity contribution in [1.82, 2.24) is 19.8 Å². The molecular weight excluding hydrogens is 494 g/mol. The second-order valence-electron chi connectivity index (χ2n) is 10.5. The van der Waals surface area contributed by atoms with Crippen LogP contribution in [0, 0.1) is 0 Å². The first kappa shape index (κ1) is 27.0. The molecule has 0 aliphatic carbocycles. The molecule has 0 unspecified atom stereocenters. The number of amides is 2. The van der Waals surface area contributed by atoms with E-state index in [1.165, 1.54) is 4.90 Å². The van der Waals surface area contributed by atoms with Crippen LogP contribution in [0.3, 0.4) is 0 Å². The lowest BCUT2D eigenvalue weighted by Gasteiger charge is -2.35. The number of aromatic nitrogens is 2. The minimum Gasteiger partial charge on any atom is -0.489 e. The van der Waals surface area contributed by atoms with Gasteiger partial charge < -0.3 is 19.3 Å². The van der Waals surface area contributed by atoms with Gasteiger partial charge in [0.15, 0.2) is 0 Å². The summed E-state index contributed by atoms with van der Waals surface area (Å²) in [6.45, 7) is 10.5. The van der Waals surface area contributed by atoms with Gasteiger partial charge in [-0.05, 0) is 50.5 Å². The smallest absolute Gasteiger partial charge is 0.410 e. The van der Waals surface area contributed by atoms with E-state index < -0.39 is 11.7 Å². The van der Waals surface area contributed by atoms with Crippen LogP contribution in [0.25, 0.3) is 0 Å². The van der Waals surface area contributed by atoms with Crippen molar-refractivity contribution in [2.75, 3.05) is 37.6 Å². The van der Waals surface area contributed by atoms with E-state index in [2.05, 4.69) is 21.8 Å². The fraction of sp³-hybridized carbons (Fsp3) is 0.556. The molecular formula is C27H36ClN5O4. The summed E-state index contributed by atoms with van der Waals surface area (Å²) in [6.07, 6.45) is 6.02. The molecule has 2 aliphatic rings. The average molecular weight is 530 g/mol. The van der Waals surface area contributed by atoms with Gasteiger partial charge in [0.25, 0.3) is 0 Å². The summed E-state index contributed by atoms with van der Waals surface area (Å²) in [5.74, 6) is 1.29. The van der Waals surface area contributed by atoms with Crippen molar-refractivity contribution in [3.8, 4) is 5.75 Å². The van der Waals surface area contributed by atoms with E-state index in [9.17, 15) is 9.59 Å². The van der Waals surface area contributed by atoms with Crippen molar-refractivity contribution in [1.29, 1.82) is 0 Å². The second-order valence-corrected chi connectivity index (χ2v) is 10.9.